The molecule has 0 heterocycles. The standard InChI is InChI=1S/C17H20FNO/c1-12(19-3)16-11-15(18)9-10-17(16)20-13(2)14-7-5-4-6-8-14/h4-13,19H,1-3H3. The summed E-state index contributed by atoms with van der Waals surface area (Å²) < 4.78 is 19.4. The van der Waals surface area contributed by atoms with Crippen LogP contribution < -0.4 is 10.1 Å². The quantitative estimate of drug-likeness (QED) is 0.879. The maximum absolute atomic E-state index is 13.4. The third-order valence-corrected chi connectivity index (χ3v) is 3.44. The molecule has 0 saturated carbocycles. The number of nitrogens with one attached hydrogen (secondary N) is 1. The van der Waals surface area contributed by atoms with Crippen molar-refractivity contribution >= 4 is 0 Å². The Morgan fingerprint density at radius 3 is 2.40 bits per heavy atom. The first-order valence-corrected chi connectivity index (χ1v) is 6.80. The van der Waals surface area contributed by atoms with Crippen LogP contribution in [-0.4, -0.2) is 7.05 Å². The molecular formula is C17H20FNO. The van der Waals surface area contributed by atoms with Gasteiger partial charge in [-0.2, -0.15) is 0 Å². The van der Waals surface area contributed by atoms with Crippen LogP contribution in [0.15, 0.2) is 48.5 Å². The van der Waals surface area contributed by atoms with E-state index in [1.54, 1.807) is 6.07 Å². The molecule has 0 aliphatic carbocycles. The van der Waals surface area contributed by atoms with E-state index >= 15 is 0 Å². The second-order valence-corrected chi connectivity index (χ2v) is 4.86. The first-order valence-electron chi connectivity index (χ1n) is 6.80. The largest absolute Gasteiger partial charge is 0.486 e. The number of hydrogen-bond acceptors (Lipinski definition) is 2. The molecule has 2 nitrogen and oxygen atoms in total. The summed E-state index contributed by atoms with van der Waals surface area (Å²) in [6.45, 7) is 3.97. The van der Waals surface area contributed by atoms with Gasteiger partial charge < -0.3 is 10.1 Å². The molecule has 0 aliphatic heterocycles. The first kappa shape index (κ1) is 14.5. The van der Waals surface area contributed by atoms with Gasteiger partial charge in [-0.15, -0.1) is 0 Å². The zero-order chi connectivity index (χ0) is 14.5. The van der Waals surface area contributed by atoms with E-state index in [1.807, 2.05) is 51.2 Å². The molecule has 3 heteroatoms. The Morgan fingerprint density at radius 1 is 1.05 bits per heavy atom. The smallest absolute Gasteiger partial charge is 0.125 e. The Kier molecular flexibility index (Phi) is 4.74. The zero-order valence-electron chi connectivity index (χ0n) is 12.1. The number of hydrogen-bond donors (Lipinski definition) is 1. The lowest BCUT2D eigenvalue weighted by molar-refractivity contribution is 0.222. The Hall–Kier alpha value is -1.87. The van der Waals surface area contributed by atoms with E-state index in [-0.39, 0.29) is 18.0 Å². The maximum atomic E-state index is 13.4. The first-order chi connectivity index (χ1) is 9.61. The molecule has 0 spiro atoms. The van der Waals surface area contributed by atoms with Gasteiger partial charge in [0.2, 0.25) is 0 Å². The molecule has 0 amide bonds. The molecule has 1 N–H and O–H groups in total. The van der Waals surface area contributed by atoms with E-state index in [4.69, 9.17) is 4.74 Å². The summed E-state index contributed by atoms with van der Waals surface area (Å²) in [4.78, 5) is 0. The number of ether oxygens (including phenoxy) is 1. The van der Waals surface area contributed by atoms with Gasteiger partial charge in [0.25, 0.3) is 0 Å². The highest BCUT2D eigenvalue weighted by atomic mass is 19.1. The maximum Gasteiger partial charge on any atom is 0.125 e. The van der Waals surface area contributed by atoms with E-state index in [0.717, 1.165) is 11.1 Å². The Labute approximate surface area is 119 Å². The van der Waals surface area contributed by atoms with Crippen LogP contribution in [-0.2, 0) is 0 Å². The second kappa shape index (κ2) is 6.53. The molecule has 2 rings (SSSR count). The van der Waals surface area contributed by atoms with Crippen LogP contribution in [0.2, 0.25) is 0 Å². The van der Waals surface area contributed by atoms with Gasteiger partial charge in [0, 0.05) is 11.6 Å². The predicted octanol–water partition coefficient (Wildman–Crippen LogP) is 4.25. The molecular weight excluding hydrogens is 253 g/mol. The number of halogens is 1. The summed E-state index contributed by atoms with van der Waals surface area (Å²) in [6, 6.07) is 14.7. The van der Waals surface area contributed by atoms with Gasteiger partial charge in [-0.05, 0) is 44.7 Å². The van der Waals surface area contributed by atoms with Crippen molar-refractivity contribution in [3.8, 4) is 5.75 Å². The van der Waals surface area contributed by atoms with E-state index in [0.29, 0.717) is 5.75 Å². The summed E-state index contributed by atoms with van der Waals surface area (Å²) >= 11 is 0. The van der Waals surface area contributed by atoms with Gasteiger partial charge in [0.1, 0.15) is 17.7 Å². The third-order valence-electron chi connectivity index (χ3n) is 3.44. The minimum atomic E-state index is -0.248. The van der Waals surface area contributed by atoms with E-state index < -0.39 is 0 Å². The Bertz CT molecular complexity index is 556. The van der Waals surface area contributed by atoms with Crippen LogP contribution >= 0.6 is 0 Å². The summed E-state index contributed by atoms with van der Waals surface area (Å²) in [7, 11) is 1.85. The average molecular weight is 273 g/mol. The lowest BCUT2D eigenvalue weighted by atomic mass is 10.1. The van der Waals surface area contributed by atoms with Gasteiger partial charge in [0.05, 0.1) is 0 Å². The molecule has 2 atom stereocenters. The summed E-state index contributed by atoms with van der Waals surface area (Å²) in [5, 5.41) is 3.12. The molecule has 106 valence electrons. The van der Waals surface area contributed by atoms with Gasteiger partial charge in [-0.1, -0.05) is 30.3 Å². The molecule has 0 fully saturated rings. The predicted molar refractivity (Wildman–Crippen MR) is 79.4 cm³/mol. The van der Waals surface area contributed by atoms with Crippen molar-refractivity contribution in [3.05, 3.63) is 65.5 Å². The van der Waals surface area contributed by atoms with Crippen LogP contribution in [0, 0.1) is 5.82 Å². The van der Waals surface area contributed by atoms with Crippen LogP contribution in [0.3, 0.4) is 0 Å². The highest BCUT2D eigenvalue weighted by Gasteiger charge is 2.14. The van der Waals surface area contributed by atoms with Gasteiger partial charge in [-0.3, -0.25) is 0 Å². The van der Waals surface area contributed by atoms with Crippen LogP contribution in [0.25, 0.3) is 0 Å². The minimum absolute atomic E-state index is 0.0312. The topological polar surface area (TPSA) is 21.3 Å². The van der Waals surface area contributed by atoms with Crippen molar-refractivity contribution in [3.63, 3.8) is 0 Å². The van der Waals surface area contributed by atoms with Crippen LogP contribution in [0.1, 0.15) is 37.1 Å². The Morgan fingerprint density at radius 2 is 1.75 bits per heavy atom. The SMILES string of the molecule is CNC(C)c1cc(F)ccc1OC(C)c1ccccc1. The zero-order valence-corrected chi connectivity index (χ0v) is 12.1. The highest BCUT2D eigenvalue weighted by Crippen LogP contribution is 2.30. The molecule has 0 aliphatic rings. The van der Waals surface area contributed by atoms with E-state index in [2.05, 4.69) is 5.32 Å². The lowest BCUT2D eigenvalue weighted by Gasteiger charge is -2.20. The summed E-state index contributed by atoms with van der Waals surface area (Å²) in [5.41, 5.74) is 1.93. The molecule has 2 unspecified atom stereocenters. The lowest BCUT2D eigenvalue weighted by Crippen LogP contribution is -2.15. The molecule has 2 aromatic carbocycles. The summed E-state index contributed by atoms with van der Waals surface area (Å²) in [5.74, 6) is 0.464. The molecule has 0 saturated heterocycles. The molecule has 0 bridgehead atoms. The molecule has 20 heavy (non-hydrogen) atoms. The fraction of sp³-hybridized carbons (Fsp3) is 0.294. The van der Waals surface area contributed by atoms with Crippen LogP contribution in [0.5, 0.6) is 5.75 Å². The van der Waals surface area contributed by atoms with Crippen molar-refractivity contribution < 1.29 is 9.13 Å². The van der Waals surface area contributed by atoms with E-state index in [1.165, 1.54) is 12.1 Å². The molecule has 0 radical (unpaired) electrons. The van der Waals surface area contributed by atoms with Gasteiger partial charge >= 0.3 is 0 Å². The van der Waals surface area contributed by atoms with Crippen molar-refractivity contribution in [1.82, 2.24) is 5.32 Å². The van der Waals surface area contributed by atoms with Crippen LogP contribution in [0.4, 0.5) is 4.39 Å². The van der Waals surface area contributed by atoms with Crippen molar-refractivity contribution in [2.75, 3.05) is 7.05 Å². The minimum Gasteiger partial charge on any atom is -0.486 e. The fourth-order valence-corrected chi connectivity index (χ4v) is 2.10. The number of benzene rings is 2. The average Bonchev–Trinajstić information content (AvgIpc) is 2.49. The normalized spacial score (nSPS) is 13.8. The van der Waals surface area contributed by atoms with E-state index in [9.17, 15) is 4.39 Å². The van der Waals surface area contributed by atoms with Crippen molar-refractivity contribution in [2.24, 2.45) is 0 Å². The number of rotatable bonds is 5. The highest BCUT2D eigenvalue weighted by molar-refractivity contribution is 5.37. The third kappa shape index (κ3) is 3.36. The van der Waals surface area contributed by atoms with Gasteiger partial charge in [-0.25, -0.2) is 4.39 Å². The molecule has 0 aromatic heterocycles. The summed E-state index contributed by atoms with van der Waals surface area (Å²) in [6.07, 6.45) is -0.0792. The van der Waals surface area contributed by atoms with Gasteiger partial charge in [0.15, 0.2) is 0 Å². The fourth-order valence-electron chi connectivity index (χ4n) is 2.10. The van der Waals surface area contributed by atoms with Crippen molar-refractivity contribution in [1.29, 1.82) is 0 Å². The van der Waals surface area contributed by atoms with Crippen molar-refractivity contribution in [2.45, 2.75) is 26.0 Å². The monoisotopic (exact) mass is 273 g/mol. The Balaban J connectivity index is 2.25. The second-order valence-electron chi connectivity index (χ2n) is 4.86. The molecule has 2 aromatic rings.